The highest BCUT2D eigenvalue weighted by molar-refractivity contribution is 5.31. The molecule has 1 N–H and O–H groups in total. The van der Waals surface area contributed by atoms with Crippen molar-refractivity contribution in [2.75, 3.05) is 12.4 Å². The van der Waals surface area contributed by atoms with Crippen LogP contribution in [0, 0.1) is 12.7 Å². The van der Waals surface area contributed by atoms with E-state index >= 15 is 0 Å². The van der Waals surface area contributed by atoms with Crippen molar-refractivity contribution in [3.63, 3.8) is 0 Å². The predicted octanol–water partition coefficient (Wildman–Crippen LogP) is 2.15. The van der Waals surface area contributed by atoms with Crippen LogP contribution in [0.3, 0.4) is 0 Å². The highest BCUT2D eigenvalue weighted by atomic mass is 19.1. The van der Waals surface area contributed by atoms with Gasteiger partial charge in [-0.05, 0) is 19.1 Å². The highest BCUT2D eigenvalue weighted by Gasteiger charge is 2.08. The molecule has 0 fully saturated rings. The summed E-state index contributed by atoms with van der Waals surface area (Å²) in [7, 11) is 1.64. The van der Waals surface area contributed by atoms with Gasteiger partial charge in [-0.15, -0.1) is 0 Å². The van der Waals surface area contributed by atoms with Gasteiger partial charge in [0.05, 0.1) is 12.4 Å². The minimum absolute atomic E-state index is 0.130. The Kier molecular flexibility index (Phi) is 3.13. The van der Waals surface area contributed by atoms with Crippen molar-refractivity contribution in [2.45, 2.75) is 6.92 Å². The van der Waals surface area contributed by atoms with Crippen molar-refractivity contribution in [3.8, 4) is 11.6 Å². The van der Waals surface area contributed by atoms with Crippen molar-refractivity contribution in [3.05, 3.63) is 36.0 Å². The van der Waals surface area contributed by atoms with Crippen LogP contribution in [0.15, 0.2) is 24.5 Å². The normalized spacial score (nSPS) is 10.1. The molecular formula is C11H11FN4O. The summed E-state index contributed by atoms with van der Waals surface area (Å²) in [6, 6.07) is 3.47. The summed E-state index contributed by atoms with van der Waals surface area (Å²) >= 11 is 0. The molecule has 17 heavy (non-hydrogen) atoms. The first-order valence-electron chi connectivity index (χ1n) is 5.00. The molecule has 0 amide bonds. The molecule has 0 aliphatic heterocycles. The van der Waals surface area contributed by atoms with Gasteiger partial charge in [0.2, 0.25) is 11.8 Å². The zero-order valence-electron chi connectivity index (χ0n) is 9.44. The van der Waals surface area contributed by atoms with Crippen molar-refractivity contribution in [1.82, 2.24) is 15.0 Å². The van der Waals surface area contributed by atoms with E-state index in [0.29, 0.717) is 11.7 Å². The Morgan fingerprint density at radius 2 is 2.06 bits per heavy atom. The summed E-state index contributed by atoms with van der Waals surface area (Å²) < 4.78 is 18.7. The van der Waals surface area contributed by atoms with Gasteiger partial charge >= 0.3 is 0 Å². The lowest BCUT2D eigenvalue weighted by atomic mass is 10.4. The fraction of sp³-hybridized carbons (Fsp3) is 0.182. The molecule has 0 aliphatic carbocycles. The van der Waals surface area contributed by atoms with Crippen LogP contribution < -0.4 is 10.1 Å². The number of nitrogens with zero attached hydrogens (tertiary/aromatic N) is 3. The quantitative estimate of drug-likeness (QED) is 0.881. The van der Waals surface area contributed by atoms with Crippen LogP contribution >= 0.6 is 0 Å². The largest absolute Gasteiger partial charge is 0.435 e. The van der Waals surface area contributed by atoms with Gasteiger partial charge in [0.15, 0.2) is 0 Å². The maximum absolute atomic E-state index is 13.4. The lowest BCUT2D eigenvalue weighted by Crippen LogP contribution is -2.00. The van der Waals surface area contributed by atoms with Gasteiger partial charge in [-0.3, -0.25) is 4.98 Å². The van der Waals surface area contributed by atoms with E-state index in [1.54, 1.807) is 19.2 Å². The topological polar surface area (TPSA) is 59.9 Å². The van der Waals surface area contributed by atoms with Crippen molar-refractivity contribution < 1.29 is 9.13 Å². The van der Waals surface area contributed by atoms with E-state index in [1.807, 2.05) is 6.92 Å². The second-order valence-corrected chi connectivity index (χ2v) is 3.33. The number of halogens is 1. The van der Waals surface area contributed by atoms with Gasteiger partial charge < -0.3 is 10.1 Å². The third kappa shape index (κ3) is 2.66. The van der Waals surface area contributed by atoms with Gasteiger partial charge in [0.1, 0.15) is 5.75 Å². The van der Waals surface area contributed by atoms with E-state index in [-0.39, 0.29) is 5.88 Å². The second-order valence-electron chi connectivity index (χ2n) is 3.33. The number of rotatable bonds is 3. The van der Waals surface area contributed by atoms with Crippen molar-refractivity contribution in [1.29, 1.82) is 0 Å². The van der Waals surface area contributed by atoms with E-state index in [0.717, 1.165) is 11.9 Å². The van der Waals surface area contributed by atoms with Gasteiger partial charge in [-0.2, -0.15) is 9.37 Å². The molecular weight excluding hydrogens is 223 g/mol. The van der Waals surface area contributed by atoms with Crippen LogP contribution in [0.2, 0.25) is 0 Å². The van der Waals surface area contributed by atoms with E-state index in [9.17, 15) is 4.39 Å². The number of hydrogen-bond acceptors (Lipinski definition) is 5. The first kappa shape index (κ1) is 11.3. The molecule has 0 atom stereocenters. The summed E-state index contributed by atoms with van der Waals surface area (Å²) in [4.78, 5) is 11.6. The molecule has 0 aliphatic rings. The van der Waals surface area contributed by atoms with Gasteiger partial charge in [0.25, 0.3) is 5.88 Å². The molecule has 2 aromatic heterocycles. The smallest absolute Gasteiger partial charge is 0.260 e. The Morgan fingerprint density at radius 3 is 2.71 bits per heavy atom. The molecule has 6 heteroatoms. The molecule has 5 nitrogen and oxygen atoms in total. The Bertz CT molecular complexity index is 515. The molecule has 0 spiro atoms. The van der Waals surface area contributed by atoms with Crippen LogP contribution in [0.1, 0.15) is 5.69 Å². The van der Waals surface area contributed by atoms with Crippen LogP contribution in [0.4, 0.5) is 10.3 Å². The maximum atomic E-state index is 13.4. The lowest BCUT2D eigenvalue weighted by Gasteiger charge is -2.06. The third-order valence-corrected chi connectivity index (χ3v) is 2.03. The summed E-state index contributed by atoms with van der Waals surface area (Å²) in [6.45, 7) is 1.86. The fourth-order valence-electron chi connectivity index (χ4n) is 1.17. The molecule has 2 rings (SSSR count). The minimum Gasteiger partial charge on any atom is -0.435 e. The number of aryl methyl sites for hydroxylation is 1. The molecule has 0 aromatic carbocycles. The zero-order chi connectivity index (χ0) is 12.3. The molecule has 88 valence electrons. The highest BCUT2D eigenvalue weighted by Crippen LogP contribution is 2.21. The number of ether oxygens (including phenoxy) is 1. The first-order chi connectivity index (χ1) is 8.19. The molecule has 2 heterocycles. The summed E-state index contributed by atoms with van der Waals surface area (Å²) in [5, 5.41) is 2.70. The average Bonchev–Trinajstić information content (AvgIpc) is 2.35. The molecule has 0 saturated heterocycles. The Labute approximate surface area is 97.7 Å². The number of anilines is 1. The summed E-state index contributed by atoms with van der Waals surface area (Å²) in [5.41, 5.74) is 0.858. The molecule has 0 saturated carbocycles. The summed E-state index contributed by atoms with van der Waals surface area (Å²) in [6.07, 6.45) is 2.56. The van der Waals surface area contributed by atoms with Gasteiger partial charge in [0, 0.05) is 12.7 Å². The first-order valence-corrected chi connectivity index (χ1v) is 5.00. The lowest BCUT2D eigenvalue weighted by molar-refractivity contribution is 0.419. The number of nitrogens with one attached hydrogen (secondary N) is 1. The molecule has 0 unspecified atom stereocenters. The molecule has 0 bridgehead atoms. The molecule has 2 aromatic rings. The standard InChI is InChI=1S/C11H11FN4O/c1-7-3-4-8(5-14-7)17-10-9(12)6-15-11(13-2)16-10/h3-6H,1-2H3,(H,13,15,16). The maximum Gasteiger partial charge on any atom is 0.260 e. The third-order valence-electron chi connectivity index (χ3n) is 2.03. The van der Waals surface area contributed by atoms with Gasteiger partial charge in [-0.25, -0.2) is 4.98 Å². The van der Waals surface area contributed by atoms with E-state index in [2.05, 4.69) is 20.3 Å². The zero-order valence-corrected chi connectivity index (χ0v) is 9.44. The Hall–Kier alpha value is -2.24. The minimum atomic E-state index is -0.621. The number of pyridine rings is 1. The van der Waals surface area contributed by atoms with Gasteiger partial charge in [-0.1, -0.05) is 0 Å². The Morgan fingerprint density at radius 1 is 1.24 bits per heavy atom. The SMILES string of the molecule is CNc1ncc(F)c(Oc2ccc(C)nc2)n1. The Balaban J connectivity index is 2.25. The summed E-state index contributed by atoms with van der Waals surface area (Å²) in [5.74, 6) is -0.0312. The fourth-order valence-corrected chi connectivity index (χ4v) is 1.17. The monoisotopic (exact) mass is 234 g/mol. The second kappa shape index (κ2) is 4.73. The average molecular weight is 234 g/mol. The predicted molar refractivity (Wildman–Crippen MR) is 60.6 cm³/mol. The van der Waals surface area contributed by atoms with E-state index in [4.69, 9.17) is 4.74 Å². The van der Waals surface area contributed by atoms with E-state index in [1.165, 1.54) is 6.20 Å². The van der Waals surface area contributed by atoms with E-state index < -0.39 is 5.82 Å². The van der Waals surface area contributed by atoms with Crippen LogP contribution in [0.5, 0.6) is 11.6 Å². The van der Waals surface area contributed by atoms with Crippen LogP contribution in [-0.2, 0) is 0 Å². The number of aromatic nitrogens is 3. The van der Waals surface area contributed by atoms with Crippen molar-refractivity contribution in [2.24, 2.45) is 0 Å². The van der Waals surface area contributed by atoms with Crippen LogP contribution in [0.25, 0.3) is 0 Å². The number of hydrogen-bond donors (Lipinski definition) is 1. The van der Waals surface area contributed by atoms with Crippen LogP contribution in [-0.4, -0.2) is 22.0 Å². The van der Waals surface area contributed by atoms with Crippen molar-refractivity contribution >= 4 is 5.95 Å². The molecule has 0 radical (unpaired) electrons.